The zero-order valence-electron chi connectivity index (χ0n) is 15.9. The molecule has 1 aromatic carbocycles. The molecule has 3 atom stereocenters. The van der Waals surface area contributed by atoms with E-state index in [0.29, 0.717) is 35.2 Å². The van der Waals surface area contributed by atoms with Crippen molar-refractivity contribution in [1.29, 1.82) is 0 Å². The molecule has 4 aliphatic heterocycles. The van der Waals surface area contributed by atoms with Crippen molar-refractivity contribution in [3.8, 4) is 5.75 Å². The van der Waals surface area contributed by atoms with Crippen LogP contribution in [0.15, 0.2) is 41.0 Å². The first-order valence-electron chi connectivity index (χ1n) is 9.90. The molecule has 27 heavy (non-hydrogen) atoms. The maximum Gasteiger partial charge on any atom is 0.257 e. The van der Waals surface area contributed by atoms with E-state index in [1.165, 1.54) is 18.4 Å². The van der Waals surface area contributed by atoms with Gasteiger partial charge in [0.15, 0.2) is 0 Å². The van der Waals surface area contributed by atoms with Crippen LogP contribution in [0.3, 0.4) is 0 Å². The standard InChI is InChI=1S/C22H26N2O3/c1-14-18(9-12-27-14)22(25)24-13-19(15-3-5-17(26-2)6-4-15)21-20(24)16-7-10-23(21)11-8-16/h3-6,9,12,16,19-21H,7-8,10-11,13H2,1-2H3/t19-,20+,21+/m0/s1. The van der Waals surface area contributed by atoms with Gasteiger partial charge in [0, 0.05) is 18.5 Å². The summed E-state index contributed by atoms with van der Waals surface area (Å²) >= 11 is 0. The zero-order valence-corrected chi connectivity index (χ0v) is 15.9. The van der Waals surface area contributed by atoms with Crippen LogP contribution in [0.4, 0.5) is 0 Å². The predicted octanol–water partition coefficient (Wildman–Crippen LogP) is 3.30. The lowest BCUT2D eigenvalue weighted by Gasteiger charge is -2.51. The van der Waals surface area contributed by atoms with E-state index in [4.69, 9.17) is 9.15 Å². The summed E-state index contributed by atoms with van der Waals surface area (Å²) in [5, 5.41) is 0. The lowest BCUT2D eigenvalue weighted by atomic mass is 9.75. The Morgan fingerprint density at radius 2 is 1.85 bits per heavy atom. The summed E-state index contributed by atoms with van der Waals surface area (Å²) in [4.78, 5) is 18.1. The van der Waals surface area contributed by atoms with Gasteiger partial charge in [-0.3, -0.25) is 9.69 Å². The van der Waals surface area contributed by atoms with E-state index in [1.807, 2.05) is 25.1 Å². The van der Waals surface area contributed by atoms with Crippen molar-refractivity contribution in [3.63, 3.8) is 0 Å². The molecule has 5 heterocycles. The van der Waals surface area contributed by atoms with Gasteiger partial charge in [-0.15, -0.1) is 0 Å². The van der Waals surface area contributed by atoms with Gasteiger partial charge < -0.3 is 14.1 Å². The number of carbonyl (C=O) groups excluding carboxylic acids is 1. The van der Waals surface area contributed by atoms with Gasteiger partial charge in [-0.05, 0) is 62.5 Å². The summed E-state index contributed by atoms with van der Waals surface area (Å²) in [7, 11) is 1.69. The first-order valence-corrected chi connectivity index (χ1v) is 9.90. The average Bonchev–Trinajstić information content (AvgIpc) is 3.34. The second kappa shape index (κ2) is 6.41. The number of hydrogen-bond donors (Lipinski definition) is 0. The number of aryl methyl sites for hydroxylation is 1. The van der Waals surface area contributed by atoms with Crippen molar-refractivity contribution in [2.75, 3.05) is 26.7 Å². The number of amides is 1. The van der Waals surface area contributed by atoms with Crippen LogP contribution in [0.2, 0.25) is 0 Å². The molecule has 0 N–H and O–H groups in total. The number of likely N-dealkylation sites (tertiary alicyclic amines) is 1. The zero-order chi connectivity index (χ0) is 18.5. The fraction of sp³-hybridized carbons (Fsp3) is 0.500. The van der Waals surface area contributed by atoms with Crippen LogP contribution in [-0.2, 0) is 0 Å². The molecular weight excluding hydrogens is 340 g/mol. The highest BCUT2D eigenvalue weighted by atomic mass is 16.5. The smallest absolute Gasteiger partial charge is 0.257 e. The number of rotatable bonds is 3. The number of methoxy groups -OCH3 is 1. The van der Waals surface area contributed by atoms with Crippen molar-refractivity contribution in [2.24, 2.45) is 5.92 Å². The van der Waals surface area contributed by atoms with Crippen molar-refractivity contribution < 1.29 is 13.9 Å². The number of piperidine rings is 3. The number of hydrogen-bond acceptors (Lipinski definition) is 4. The second-order valence-corrected chi connectivity index (χ2v) is 8.08. The van der Waals surface area contributed by atoms with Gasteiger partial charge in [-0.1, -0.05) is 12.1 Å². The van der Waals surface area contributed by atoms with E-state index in [2.05, 4.69) is 21.9 Å². The van der Waals surface area contributed by atoms with Crippen LogP contribution >= 0.6 is 0 Å². The van der Waals surface area contributed by atoms with E-state index in [9.17, 15) is 4.79 Å². The van der Waals surface area contributed by atoms with Gasteiger partial charge in [0.05, 0.1) is 25.0 Å². The Labute approximate surface area is 159 Å². The number of benzene rings is 1. The maximum atomic E-state index is 13.4. The van der Waals surface area contributed by atoms with Crippen molar-refractivity contribution in [1.82, 2.24) is 9.80 Å². The summed E-state index contributed by atoms with van der Waals surface area (Å²) in [5.74, 6) is 2.67. The van der Waals surface area contributed by atoms with Crippen LogP contribution in [-0.4, -0.2) is 54.5 Å². The molecule has 1 amide bonds. The van der Waals surface area contributed by atoms with E-state index in [1.54, 1.807) is 13.4 Å². The summed E-state index contributed by atoms with van der Waals surface area (Å²) in [6.45, 7) is 4.97. The molecule has 1 aromatic heterocycles. The highest BCUT2D eigenvalue weighted by Crippen LogP contribution is 2.47. The van der Waals surface area contributed by atoms with Crippen molar-refractivity contribution >= 4 is 5.91 Å². The van der Waals surface area contributed by atoms with Crippen LogP contribution in [0, 0.1) is 12.8 Å². The van der Waals surface area contributed by atoms with Crippen LogP contribution in [0.1, 0.15) is 40.4 Å². The average molecular weight is 366 g/mol. The molecular formula is C22H26N2O3. The highest BCUT2D eigenvalue weighted by molar-refractivity contribution is 5.95. The minimum atomic E-state index is 0.126. The lowest BCUT2D eigenvalue weighted by Crippen LogP contribution is -2.60. The molecule has 5 nitrogen and oxygen atoms in total. The molecule has 2 bridgehead atoms. The number of furan rings is 1. The molecule has 4 fully saturated rings. The van der Waals surface area contributed by atoms with Gasteiger partial charge in [0.25, 0.3) is 5.91 Å². The SMILES string of the molecule is COc1ccc([C@@H]2CN(C(=O)c3ccoc3C)[C@@H]3C4CCN(CC4)[C@@H]32)cc1. The second-order valence-electron chi connectivity index (χ2n) is 8.08. The summed E-state index contributed by atoms with van der Waals surface area (Å²) in [5.41, 5.74) is 2.01. The van der Waals surface area contributed by atoms with E-state index >= 15 is 0 Å². The third-order valence-corrected chi connectivity index (χ3v) is 6.89. The molecule has 0 aliphatic carbocycles. The third kappa shape index (κ3) is 2.59. The first kappa shape index (κ1) is 16.9. The van der Waals surface area contributed by atoms with Gasteiger partial charge >= 0.3 is 0 Å². The lowest BCUT2D eigenvalue weighted by molar-refractivity contribution is -0.00345. The van der Waals surface area contributed by atoms with E-state index < -0.39 is 0 Å². The summed E-state index contributed by atoms with van der Waals surface area (Å²) in [6, 6.07) is 10.9. The molecule has 5 heteroatoms. The predicted molar refractivity (Wildman–Crippen MR) is 102 cm³/mol. The molecule has 0 spiro atoms. The quantitative estimate of drug-likeness (QED) is 0.836. The molecule has 142 valence electrons. The minimum absolute atomic E-state index is 0.126. The van der Waals surface area contributed by atoms with Gasteiger partial charge in [0.1, 0.15) is 11.5 Å². The Bertz CT molecular complexity index is 835. The molecule has 0 saturated carbocycles. The van der Waals surface area contributed by atoms with E-state index in [-0.39, 0.29) is 5.91 Å². The largest absolute Gasteiger partial charge is 0.497 e. The number of fused-ring (bicyclic) bond motifs is 2. The Morgan fingerprint density at radius 3 is 2.48 bits per heavy atom. The van der Waals surface area contributed by atoms with E-state index in [0.717, 1.165) is 25.4 Å². The topological polar surface area (TPSA) is 45.9 Å². The highest BCUT2D eigenvalue weighted by Gasteiger charge is 2.54. The number of ether oxygens (including phenoxy) is 1. The maximum absolute atomic E-state index is 13.4. The molecule has 6 rings (SSSR count). The number of carbonyl (C=O) groups is 1. The van der Waals surface area contributed by atoms with Gasteiger partial charge in [0.2, 0.25) is 0 Å². The van der Waals surface area contributed by atoms with Crippen LogP contribution in [0.5, 0.6) is 5.75 Å². The Kier molecular flexibility index (Phi) is 4.01. The van der Waals surface area contributed by atoms with Gasteiger partial charge in [-0.2, -0.15) is 0 Å². The van der Waals surface area contributed by atoms with Crippen LogP contribution in [0.25, 0.3) is 0 Å². The molecule has 4 saturated heterocycles. The number of nitrogens with zero attached hydrogens (tertiary/aromatic N) is 2. The Hall–Kier alpha value is -2.27. The van der Waals surface area contributed by atoms with Crippen molar-refractivity contribution in [2.45, 2.75) is 37.8 Å². The molecule has 2 aromatic rings. The monoisotopic (exact) mass is 366 g/mol. The third-order valence-electron chi connectivity index (χ3n) is 6.89. The summed E-state index contributed by atoms with van der Waals surface area (Å²) < 4.78 is 10.7. The first-order chi connectivity index (χ1) is 13.2. The van der Waals surface area contributed by atoms with Crippen LogP contribution < -0.4 is 4.74 Å². The fourth-order valence-electron chi connectivity index (χ4n) is 5.56. The Balaban J connectivity index is 1.51. The van der Waals surface area contributed by atoms with Gasteiger partial charge in [-0.25, -0.2) is 0 Å². The minimum Gasteiger partial charge on any atom is -0.497 e. The molecule has 0 radical (unpaired) electrons. The summed E-state index contributed by atoms with van der Waals surface area (Å²) in [6.07, 6.45) is 4.02. The Morgan fingerprint density at radius 1 is 1.11 bits per heavy atom. The normalized spacial score (nSPS) is 31.8. The molecule has 4 aliphatic rings. The molecule has 0 unspecified atom stereocenters. The fourth-order valence-corrected chi connectivity index (χ4v) is 5.56. The van der Waals surface area contributed by atoms with Crippen molar-refractivity contribution in [3.05, 3.63) is 53.5 Å².